The molecule has 1 saturated heterocycles. The number of ether oxygens (including phenoxy) is 1. The Kier molecular flexibility index (Phi) is 5.40. The highest BCUT2D eigenvalue weighted by Crippen LogP contribution is 2.31. The Bertz CT molecular complexity index is 771. The molecule has 1 aliphatic heterocycles. The molecule has 0 aliphatic carbocycles. The lowest BCUT2D eigenvalue weighted by Gasteiger charge is -2.21. The summed E-state index contributed by atoms with van der Waals surface area (Å²) < 4.78 is 44.1. The van der Waals surface area contributed by atoms with Crippen LogP contribution < -0.4 is 9.64 Å². The van der Waals surface area contributed by atoms with E-state index in [9.17, 15) is 23.4 Å². The maximum absolute atomic E-state index is 12.6. The maximum atomic E-state index is 12.6. The van der Waals surface area contributed by atoms with E-state index in [1.165, 1.54) is 0 Å². The van der Waals surface area contributed by atoms with Crippen LogP contribution in [-0.2, 0) is 12.8 Å². The maximum Gasteiger partial charge on any atom is 0.417 e. The van der Waals surface area contributed by atoms with Gasteiger partial charge in [0.25, 0.3) is 0 Å². The van der Waals surface area contributed by atoms with E-state index in [0.717, 1.165) is 22.3 Å². The van der Waals surface area contributed by atoms with Crippen LogP contribution in [0.1, 0.15) is 11.1 Å². The zero-order valence-corrected chi connectivity index (χ0v) is 15.0. The Hall–Kier alpha value is -1.84. The smallest absolute Gasteiger partial charge is 0.417 e. The Morgan fingerprint density at radius 1 is 1.23 bits per heavy atom. The SMILES string of the molecule is OCc1cc(Br)ccc1N1CC(O)[C@H](Oc2ccc(C(F)(F)F)cn2)C1. The fraction of sp³-hybridized carbons (Fsp3) is 0.353. The monoisotopic (exact) mass is 432 g/mol. The topological polar surface area (TPSA) is 65.8 Å². The summed E-state index contributed by atoms with van der Waals surface area (Å²) >= 11 is 3.34. The van der Waals surface area contributed by atoms with Gasteiger partial charge in [-0.3, -0.25) is 0 Å². The van der Waals surface area contributed by atoms with Gasteiger partial charge < -0.3 is 19.8 Å². The molecule has 26 heavy (non-hydrogen) atoms. The van der Waals surface area contributed by atoms with Gasteiger partial charge in [0.2, 0.25) is 5.88 Å². The van der Waals surface area contributed by atoms with E-state index >= 15 is 0 Å². The number of benzene rings is 1. The zero-order valence-electron chi connectivity index (χ0n) is 13.4. The van der Waals surface area contributed by atoms with Gasteiger partial charge in [0, 0.05) is 34.5 Å². The summed E-state index contributed by atoms with van der Waals surface area (Å²) in [6, 6.07) is 7.46. The quantitative estimate of drug-likeness (QED) is 0.777. The van der Waals surface area contributed by atoms with Gasteiger partial charge in [-0.05, 0) is 24.3 Å². The molecule has 2 atom stereocenters. The number of hydrogen-bond donors (Lipinski definition) is 2. The van der Waals surface area contributed by atoms with Crippen LogP contribution in [0.4, 0.5) is 18.9 Å². The highest BCUT2D eigenvalue weighted by Gasteiger charge is 2.35. The molecule has 0 radical (unpaired) electrons. The minimum absolute atomic E-state index is 0.0158. The first-order chi connectivity index (χ1) is 12.3. The number of β-amino-alcohol motifs (C(OH)–C–C–N with tert-alkyl or cyclic N) is 1. The van der Waals surface area contributed by atoms with Crippen molar-refractivity contribution >= 4 is 21.6 Å². The molecule has 9 heteroatoms. The molecule has 2 aromatic rings. The first-order valence-electron chi connectivity index (χ1n) is 7.80. The molecule has 2 N–H and O–H groups in total. The number of aliphatic hydroxyl groups is 2. The number of aromatic nitrogens is 1. The van der Waals surface area contributed by atoms with Gasteiger partial charge in [-0.1, -0.05) is 15.9 Å². The van der Waals surface area contributed by atoms with Crippen molar-refractivity contribution in [2.75, 3.05) is 18.0 Å². The van der Waals surface area contributed by atoms with Crippen molar-refractivity contribution in [1.29, 1.82) is 0 Å². The molecule has 1 aromatic heterocycles. The van der Waals surface area contributed by atoms with Crippen LogP contribution in [0.5, 0.6) is 5.88 Å². The van der Waals surface area contributed by atoms with Crippen LogP contribution in [0.2, 0.25) is 0 Å². The fourth-order valence-electron chi connectivity index (χ4n) is 2.83. The largest absolute Gasteiger partial charge is 0.470 e. The summed E-state index contributed by atoms with van der Waals surface area (Å²) in [6.07, 6.45) is -5.24. The van der Waals surface area contributed by atoms with Crippen LogP contribution in [0.15, 0.2) is 41.0 Å². The van der Waals surface area contributed by atoms with E-state index in [4.69, 9.17) is 4.74 Å². The molecule has 0 amide bonds. The molecule has 0 saturated carbocycles. The zero-order chi connectivity index (χ0) is 18.9. The first-order valence-corrected chi connectivity index (χ1v) is 8.59. The second-order valence-electron chi connectivity index (χ2n) is 5.94. The molecule has 1 fully saturated rings. The number of alkyl halides is 3. The first kappa shape index (κ1) is 18.9. The Morgan fingerprint density at radius 2 is 2.00 bits per heavy atom. The van der Waals surface area contributed by atoms with Gasteiger partial charge in [-0.2, -0.15) is 13.2 Å². The normalized spacial score (nSPS) is 20.5. The molecule has 5 nitrogen and oxygen atoms in total. The van der Waals surface area contributed by atoms with Gasteiger partial charge in [-0.15, -0.1) is 0 Å². The van der Waals surface area contributed by atoms with E-state index < -0.39 is 23.9 Å². The summed E-state index contributed by atoms with van der Waals surface area (Å²) in [5.74, 6) is 0.0158. The van der Waals surface area contributed by atoms with Gasteiger partial charge in [0.05, 0.1) is 18.7 Å². The molecule has 140 valence electrons. The fourth-order valence-corrected chi connectivity index (χ4v) is 3.24. The van der Waals surface area contributed by atoms with Crippen LogP contribution in [0, 0.1) is 0 Å². The Labute approximate surface area is 156 Å². The number of halogens is 4. The van der Waals surface area contributed by atoms with Crippen molar-refractivity contribution in [2.45, 2.75) is 25.0 Å². The minimum atomic E-state index is -4.46. The number of hydrogen-bond acceptors (Lipinski definition) is 5. The Balaban J connectivity index is 1.71. The number of aliphatic hydroxyl groups excluding tert-OH is 2. The van der Waals surface area contributed by atoms with E-state index in [0.29, 0.717) is 18.3 Å². The highest BCUT2D eigenvalue weighted by atomic mass is 79.9. The molecular formula is C17H16BrF3N2O3. The van der Waals surface area contributed by atoms with E-state index in [2.05, 4.69) is 20.9 Å². The van der Waals surface area contributed by atoms with Gasteiger partial charge >= 0.3 is 6.18 Å². The summed E-state index contributed by atoms with van der Waals surface area (Å²) in [5.41, 5.74) is 0.599. The van der Waals surface area contributed by atoms with Crippen molar-refractivity contribution in [2.24, 2.45) is 0 Å². The van der Waals surface area contributed by atoms with Crippen molar-refractivity contribution in [3.05, 3.63) is 52.1 Å². The number of rotatable bonds is 4. The summed E-state index contributed by atoms with van der Waals surface area (Å²) in [7, 11) is 0. The average Bonchev–Trinajstić information content (AvgIpc) is 2.95. The van der Waals surface area contributed by atoms with E-state index in [1.807, 2.05) is 17.0 Å². The molecule has 0 spiro atoms. The lowest BCUT2D eigenvalue weighted by atomic mass is 10.1. The Morgan fingerprint density at radius 3 is 2.62 bits per heavy atom. The van der Waals surface area contributed by atoms with Crippen LogP contribution in [0.25, 0.3) is 0 Å². The number of nitrogens with zero attached hydrogens (tertiary/aromatic N) is 2. The van der Waals surface area contributed by atoms with Crippen molar-refractivity contribution in [3.8, 4) is 5.88 Å². The molecule has 2 heterocycles. The number of anilines is 1. The average molecular weight is 433 g/mol. The standard InChI is InChI=1S/C17H16BrF3N2O3/c18-12-2-3-13(10(5-12)9-24)23-7-14(25)15(8-23)26-16-4-1-11(6-22-16)17(19,20)21/h1-6,14-15,24-25H,7-9H2/t14?,15-/m1/s1. The van der Waals surface area contributed by atoms with Crippen molar-refractivity contribution in [1.82, 2.24) is 4.98 Å². The van der Waals surface area contributed by atoms with E-state index in [1.54, 1.807) is 6.07 Å². The lowest BCUT2D eigenvalue weighted by Crippen LogP contribution is -2.30. The number of pyridine rings is 1. The second kappa shape index (κ2) is 7.42. The molecular weight excluding hydrogens is 417 g/mol. The third-order valence-electron chi connectivity index (χ3n) is 4.13. The van der Waals surface area contributed by atoms with Crippen LogP contribution >= 0.6 is 15.9 Å². The molecule has 1 aliphatic rings. The summed E-state index contributed by atoms with van der Waals surface area (Å²) in [4.78, 5) is 5.53. The molecule has 1 aromatic carbocycles. The third-order valence-corrected chi connectivity index (χ3v) is 4.62. The van der Waals surface area contributed by atoms with Crippen LogP contribution in [0.3, 0.4) is 0 Å². The summed E-state index contributed by atoms with van der Waals surface area (Å²) in [5, 5.41) is 19.8. The molecule has 1 unspecified atom stereocenters. The van der Waals surface area contributed by atoms with Gasteiger partial charge in [0.1, 0.15) is 12.2 Å². The highest BCUT2D eigenvalue weighted by molar-refractivity contribution is 9.10. The predicted molar refractivity (Wildman–Crippen MR) is 91.9 cm³/mol. The van der Waals surface area contributed by atoms with Gasteiger partial charge in [-0.25, -0.2) is 4.98 Å². The van der Waals surface area contributed by atoms with Crippen LogP contribution in [-0.4, -0.2) is 40.5 Å². The summed E-state index contributed by atoms with van der Waals surface area (Å²) in [6.45, 7) is 0.436. The molecule has 3 rings (SSSR count). The third kappa shape index (κ3) is 4.11. The lowest BCUT2D eigenvalue weighted by molar-refractivity contribution is -0.137. The van der Waals surface area contributed by atoms with Crippen molar-refractivity contribution in [3.63, 3.8) is 0 Å². The van der Waals surface area contributed by atoms with Gasteiger partial charge in [0.15, 0.2) is 0 Å². The second-order valence-corrected chi connectivity index (χ2v) is 6.86. The van der Waals surface area contributed by atoms with E-state index in [-0.39, 0.29) is 19.0 Å². The predicted octanol–water partition coefficient (Wildman–Crippen LogP) is 2.98. The van der Waals surface area contributed by atoms with Crippen molar-refractivity contribution < 1.29 is 28.1 Å². The molecule has 0 bridgehead atoms. The minimum Gasteiger partial charge on any atom is -0.470 e.